The van der Waals surface area contributed by atoms with Gasteiger partial charge in [-0.2, -0.15) is 0 Å². The minimum Gasteiger partial charge on any atom is -0.387 e. The van der Waals surface area contributed by atoms with Crippen LogP contribution in [0.2, 0.25) is 0 Å². The van der Waals surface area contributed by atoms with E-state index in [0.717, 1.165) is 54.9 Å². The van der Waals surface area contributed by atoms with Crippen molar-refractivity contribution in [3.05, 3.63) is 11.9 Å². The lowest BCUT2D eigenvalue weighted by molar-refractivity contribution is -0.124. The van der Waals surface area contributed by atoms with Crippen molar-refractivity contribution < 1.29 is 9.84 Å². The normalized spacial score (nSPS) is 45.6. The van der Waals surface area contributed by atoms with Gasteiger partial charge < -0.3 is 9.84 Å². The number of nitrogens with zero attached hydrogens (tertiary/aromatic N) is 3. The van der Waals surface area contributed by atoms with Crippen LogP contribution < -0.4 is 0 Å². The number of hydrogen-bond acceptors (Lipinski definition) is 4. The molecule has 168 valence electrons. The van der Waals surface area contributed by atoms with Crippen molar-refractivity contribution in [1.82, 2.24) is 15.0 Å². The third-order valence-corrected chi connectivity index (χ3v) is 10.2. The predicted molar refractivity (Wildman–Crippen MR) is 117 cm³/mol. The van der Waals surface area contributed by atoms with Crippen molar-refractivity contribution in [3.63, 3.8) is 0 Å². The molecule has 0 saturated heterocycles. The van der Waals surface area contributed by atoms with Gasteiger partial charge in [-0.25, -0.2) is 4.68 Å². The fourth-order valence-electron chi connectivity index (χ4n) is 8.75. The Morgan fingerprint density at radius 2 is 1.93 bits per heavy atom. The summed E-state index contributed by atoms with van der Waals surface area (Å²) in [6.45, 7) is 6.28. The first-order valence-electron chi connectivity index (χ1n) is 12.5. The third kappa shape index (κ3) is 3.44. The summed E-state index contributed by atoms with van der Waals surface area (Å²) in [6, 6.07) is 0. The van der Waals surface area contributed by atoms with E-state index in [4.69, 9.17) is 4.74 Å². The molecule has 5 nitrogen and oxygen atoms in total. The molecule has 4 saturated carbocycles. The monoisotopic (exact) mass is 415 g/mol. The van der Waals surface area contributed by atoms with Crippen LogP contribution in [0.15, 0.2) is 6.20 Å². The molecule has 4 fully saturated rings. The summed E-state index contributed by atoms with van der Waals surface area (Å²) in [5, 5.41) is 19.3. The lowest BCUT2D eigenvalue weighted by Crippen LogP contribution is -2.51. The molecule has 0 aromatic carbocycles. The molecule has 8 atom stereocenters. The van der Waals surface area contributed by atoms with Gasteiger partial charge in [0.2, 0.25) is 0 Å². The molecule has 0 spiro atoms. The molecule has 30 heavy (non-hydrogen) atoms. The Morgan fingerprint density at radius 1 is 1.10 bits per heavy atom. The van der Waals surface area contributed by atoms with E-state index in [0.29, 0.717) is 12.0 Å². The Bertz CT molecular complexity index is 751. The van der Waals surface area contributed by atoms with Crippen LogP contribution >= 0.6 is 0 Å². The van der Waals surface area contributed by atoms with Gasteiger partial charge in [0.15, 0.2) is 0 Å². The molecule has 5 heteroatoms. The average Bonchev–Trinajstić information content (AvgIpc) is 3.28. The lowest BCUT2D eigenvalue weighted by atomic mass is 9.49. The molecule has 4 aliphatic carbocycles. The van der Waals surface area contributed by atoms with Gasteiger partial charge in [-0.05, 0) is 112 Å². The number of hydrogen-bond donors (Lipinski definition) is 1. The number of ether oxygens (including phenoxy) is 1. The van der Waals surface area contributed by atoms with Crippen LogP contribution in [0.4, 0.5) is 0 Å². The van der Waals surface area contributed by atoms with Gasteiger partial charge >= 0.3 is 0 Å². The van der Waals surface area contributed by atoms with Crippen LogP contribution in [-0.4, -0.2) is 39.4 Å². The van der Waals surface area contributed by atoms with E-state index in [-0.39, 0.29) is 0 Å². The summed E-state index contributed by atoms with van der Waals surface area (Å²) in [4.78, 5) is 0. The first-order valence-corrected chi connectivity index (χ1v) is 12.5. The molecular weight excluding hydrogens is 374 g/mol. The second-order valence-corrected chi connectivity index (χ2v) is 11.5. The summed E-state index contributed by atoms with van der Waals surface area (Å²) in [7, 11) is 1.73. The largest absolute Gasteiger partial charge is 0.387 e. The van der Waals surface area contributed by atoms with Crippen molar-refractivity contribution in [3.8, 4) is 0 Å². The molecule has 1 N–H and O–H groups in total. The highest BCUT2D eigenvalue weighted by Gasteiger charge is 2.57. The van der Waals surface area contributed by atoms with Gasteiger partial charge in [-0.1, -0.05) is 12.1 Å². The van der Waals surface area contributed by atoms with Gasteiger partial charge in [0.1, 0.15) is 0 Å². The number of aliphatic hydroxyl groups is 1. The zero-order valence-electron chi connectivity index (χ0n) is 19.2. The molecule has 5 rings (SSSR count). The maximum absolute atomic E-state index is 11.0. The van der Waals surface area contributed by atoms with E-state index >= 15 is 0 Å². The first-order chi connectivity index (χ1) is 14.4. The van der Waals surface area contributed by atoms with Gasteiger partial charge in [0, 0.05) is 13.7 Å². The molecule has 0 unspecified atom stereocenters. The van der Waals surface area contributed by atoms with Gasteiger partial charge in [-0.15, -0.1) is 5.10 Å². The van der Waals surface area contributed by atoms with Crippen LogP contribution in [0.3, 0.4) is 0 Å². The Hall–Kier alpha value is -0.940. The smallest absolute Gasteiger partial charge is 0.0882 e. The zero-order chi connectivity index (χ0) is 20.9. The van der Waals surface area contributed by atoms with Gasteiger partial charge in [0.25, 0.3) is 0 Å². The summed E-state index contributed by atoms with van der Waals surface area (Å²) < 4.78 is 7.44. The number of rotatable bonds is 5. The van der Waals surface area contributed by atoms with E-state index in [2.05, 4.69) is 28.8 Å². The number of fused-ring (bicyclic) bond motifs is 5. The molecular formula is C25H41N3O2. The summed E-state index contributed by atoms with van der Waals surface area (Å²) in [5.74, 6) is 5.16. The van der Waals surface area contributed by atoms with E-state index < -0.39 is 5.60 Å². The van der Waals surface area contributed by atoms with E-state index in [1.54, 1.807) is 7.11 Å². The minimum atomic E-state index is -0.566. The van der Waals surface area contributed by atoms with Crippen LogP contribution in [0.1, 0.15) is 76.8 Å². The van der Waals surface area contributed by atoms with Gasteiger partial charge in [0.05, 0.1) is 24.1 Å². The number of aryl methyl sites for hydroxylation is 2. The molecule has 0 bridgehead atoms. The average molecular weight is 416 g/mol. The maximum Gasteiger partial charge on any atom is 0.0882 e. The van der Waals surface area contributed by atoms with Gasteiger partial charge in [-0.3, -0.25) is 0 Å². The topological polar surface area (TPSA) is 60.2 Å². The SMILES string of the molecule is COC[C@@]1(O)CC[C@H]2[C@H](CC[C@@H]3[C@@H]2CC[C@]2(C)[C@@H](CCn4nncc4C)CC[C@@H]32)C1. The van der Waals surface area contributed by atoms with Crippen LogP contribution in [0, 0.1) is 47.8 Å². The van der Waals surface area contributed by atoms with Crippen molar-refractivity contribution in [2.24, 2.45) is 40.9 Å². The van der Waals surface area contributed by atoms with E-state index in [1.807, 2.05) is 6.20 Å². The summed E-state index contributed by atoms with van der Waals surface area (Å²) >= 11 is 0. The number of methoxy groups -OCH3 is 1. The highest BCUT2D eigenvalue weighted by Crippen LogP contribution is 2.65. The van der Waals surface area contributed by atoms with E-state index in [1.165, 1.54) is 57.1 Å². The van der Waals surface area contributed by atoms with Crippen LogP contribution in [0.5, 0.6) is 0 Å². The summed E-state index contributed by atoms with van der Waals surface area (Å²) in [5.41, 5.74) is 1.14. The van der Waals surface area contributed by atoms with Crippen LogP contribution in [0.25, 0.3) is 0 Å². The Balaban J connectivity index is 1.26. The molecule has 1 heterocycles. The van der Waals surface area contributed by atoms with Crippen molar-refractivity contribution in [2.75, 3.05) is 13.7 Å². The Labute approximate surface area is 182 Å². The Morgan fingerprint density at radius 3 is 2.70 bits per heavy atom. The molecule has 0 amide bonds. The second kappa shape index (κ2) is 7.88. The highest BCUT2D eigenvalue weighted by atomic mass is 16.5. The van der Waals surface area contributed by atoms with Crippen LogP contribution in [-0.2, 0) is 11.3 Å². The molecule has 0 radical (unpaired) electrons. The van der Waals surface area contributed by atoms with Crippen molar-refractivity contribution in [2.45, 2.75) is 90.2 Å². The molecule has 1 aromatic rings. The molecule has 0 aliphatic heterocycles. The second-order valence-electron chi connectivity index (χ2n) is 11.5. The highest BCUT2D eigenvalue weighted by molar-refractivity contribution is 5.07. The molecule has 4 aliphatic rings. The first kappa shape index (κ1) is 20.9. The zero-order valence-corrected chi connectivity index (χ0v) is 19.2. The quantitative estimate of drug-likeness (QED) is 0.762. The summed E-state index contributed by atoms with van der Waals surface area (Å²) in [6.07, 6.45) is 14.6. The van der Waals surface area contributed by atoms with E-state index in [9.17, 15) is 5.11 Å². The molecule has 1 aromatic heterocycles. The maximum atomic E-state index is 11.0. The standard InChI is InChI=1S/C25H41N3O2/c1-17-15-26-27-28(17)13-10-19-5-7-23-22-6-4-18-14-25(29,16-30-3)12-9-20(18)21(22)8-11-24(19,23)2/h15,18-23,29H,4-14,16H2,1-3H3/t18-,19-,20+,21-,22-,23+,24-,25-/m1/s1. The predicted octanol–water partition coefficient (Wildman–Crippen LogP) is 4.62. The van der Waals surface area contributed by atoms with Crippen molar-refractivity contribution >= 4 is 0 Å². The number of aromatic nitrogens is 3. The minimum absolute atomic E-state index is 0.512. The fourth-order valence-corrected chi connectivity index (χ4v) is 8.75. The van der Waals surface area contributed by atoms with Crippen molar-refractivity contribution in [1.29, 1.82) is 0 Å². The fraction of sp³-hybridized carbons (Fsp3) is 0.920. The Kier molecular flexibility index (Phi) is 5.50. The lowest BCUT2D eigenvalue weighted by Gasteiger charge is -2.57. The third-order valence-electron chi connectivity index (χ3n) is 10.2.